The van der Waals surface area contributed by atoms with E-state index in [9.17, 15) is 18.8 Å². The maximum absolute atomic E-state index is 13.0. The Morgan fingerprint density at radius 2 is 1.42 bits per heavy atom. The summed E-state index contributed by atoms with van der Waals surface area (Å²) in [5, 5.41) is 5.61. The van der Waals surface area contributed by atoms with Gasteiger partial charge in [-0.25, -0.2) is 4.39 Å². The van der Waals surface area contributed by atoms with Crippen molar-refractivity contribution in [1.29, 1.82) is 0 Å². The third-order valence-electron chi connectivity index (χ3n) is 5.50. The fraction of sp³-hybridized carbons (Fsp3) is 0.348. The van der Waals surface area contributed by atoms with E-state index in [0.717, 1.165) is 12.8 Å². The highest BCUT2D eigenvalue weighted by Gasteiger charge is 2.29. The smallest absolute Gasteiger partial charge is 0.253 e. The van der Waals surface area contributed by atoms with Crippen LogP contribution in [0.25, 0.3) is 0 Å². The number of halogens is 1. The number of hydrogen-bond acceptors (Lipinski definition) is 4. The first-order valence-electron chi connectivity index (χ1n) is 10.5. The lowest BCUT2D eigenvalue weighted by molar-refractivity contribution is -0.118. The van der Waals surface area contributed by atoms with E-state index >= 15 is 0 Å². The van der Waals surface area contributed by atoms with Crippen molar-refractivity contribution in [2.75, 3.05) is 43.4 Å². The van der Waals surface area contributed by atoms with E-state index in [1.54, 1.807) is 29.2 Å². The maximum atomic E-state index is 13.0. The Morgan fingerprint density at radius 3 is 2.03 bits per heavy atom. The lowest BCUT2D eigenvalue weighted by atomic mass is 10.1. The number of hydrogen-bond donors (Lipinski definition) is 2. The van der Waals surface area contributed by atoms with Gasteiger partial charge in [0.2, 0.25) is 11.8 Å². The summed E-state index contributed by atoms with van der Waals surface area (Å²) in [4.78, 5) is 40.5. The molecule has 31 heavy (non-hydrogen) atoms. The molecule has 0 aromatic heterocycles. The monoisotopic (exact) mass is 424 g/mol. The summed E-state index contributed by atoms with van der Waals surface area (Å²) in [6.45, 7) is 2.47. The molecule has 2 aliphatic rings. The van der Waals surface area contributed by atoms with Crippen LogP contribution in [0, 0.1) is 11.7 Å². The van der Waals surface area contributed by atoms with Gasteiger partial charge in [-0.3, -0.25) is 19.3 Å². The summed E-state index contributed by atoms with van der Waals surface area (Å²) in [5.74, 6) is -0.406. The largest absolute Gasteiger partial charge is 0.336 e. The van der Waals surface area contributed by atoms with Crippen molar-refractivity contribution in [3.63, 3.8) is 0 Å². The third-order valence-corrected chi connectivity index (χ3v) is 5.50. The molecule has 0 atom stereocenters. The number of piperazine rings is 1. The van der Waals surface area contributed by atoms with Gasteiger partial charge in [-0.1, -0.05) is 0 Å². The molecule has 2 aromatic carbocycles. The quantitative estimate of drug-likeness (QED) is 0.747. The van der Waals surface area contributed by atoms with Crippen LogP contribution in [0.2, 0.25) is 0 Å². The minimum Gasteiger partial charge on any atom is -0.336 e. The van der Waals surface area contributed by atoms with Crippen LogP contribution in [0.4, 0.5) is 15.8 Å². The minimum atomic E-state index is -0.351. The van der Waals surface area contributed by atoms with Gasteiger partial charge >= 0.3 is 0 Å². The Hall–Kier alpha value is -3.26. The zero-order chi connectivity index (χ0) is 21.8. The van der Waals surface area contributed by atoms with Crippen molar-refractivity contribution < 1.29 is 18.8 Å². The predicted molar refractivity (Wildman–Crippen MR) is 115 cm³/mol. The summed E-state index contributed by atoms with van der Waals surface area (Å²) in [5.41, 5.74) is 1.83. The maximum Gasteiger partial charge on any atom is 0.253 e. The van der Waals surface area contributed by atoms with Crippen LogP contribution in [0.5, 0.6) is 0 Å². The van der Waals surface area contributed by atoms with Gasteiger partial charge in [-0.05, 0) is 61.4 Å². The molecule has 1 heterocycles. The van der Waals surface area contributed by atoms with E-state index in [1.807, 2.05) is 4.90 Å². The Labute approximate surface area is 180 Å². The number of anilines is 2. The van der Waals surface area contributed by atoms with Crippen molar-refractivity contribution in [3.8, 4) is 0 Å². The number of nitrogens with zero attached hydrogens (tertiary/aromatic N) is 2. The lowest BCUT2D eigenvalue weighted by Crippen LogP contribution is -2.50. The van der Waals surface area contributed by atoms with E-state index in [0.29, 0.717) is 43.1 Å². The number of rotatable bonds is 6. The molecule has 0 unspecified atom stereocenters. The number of carbonyl (C=O) groups excluding carboxylic acids is 3. The molecule has 2 aromatic rings. The van der Waals surface area contributed by atoms with Gasteiger partial charge in [-0.15, -0.1) is 0 Å². The first kappa shape index (κ1) is 21.0. The van der Waals surface area contributed by atoms with Gasteiger partial charge in [0.05, 0.1) is 6.54 Å². The lowest BCUT2D eigenvalue weighted by Gasteiger charge is -2.34. The number of benzene rings is 2. The van der Waals surface area contributed by atoms with E-state index in [2.05, 4.69) is 10.6 Å². The van der Waals surface area contributed by atoms with Crippen molar-refractivity contribution in [3.05, 3.63) is 59.9 Å². The number of carbonyl (C=O) groups is 3. The topological polar surface area (TPSA) is 81.8 Å². The molecule has 1 aliphatic carbocycles. The van der Waals surface area contributed by atoms with E-state index in [4.69, 9.17) is 0 Å². The molecule has 1 saturated carbocycles. The standard InChI is InChI=1S/C23H25FN4O3/c24-18-5-9-19(10-6-18)25-21(29)15-27-11-13-28(14-12-27)23(31)17-3-7-20(8-4-17)26-22(30)16-1-2-16/h3-10,16H,1-2,11-15H2,(H,25,29)(H,26,30). The Kier molecular flexibility index (Phi) is 6.27. The van der Waals surface area contributed by atoms with Crippen molar-refractivity contribution in [1.82, 2.24) is 9.80 Å². The molecule has 0 bridgehead atoms. The summed E-state index contributed by atoms with van der Waals surface area (Å²) in [7, 11) is 0. The fourth-order valence-corrected chi connectivity index (χ4v) is 3.51. The number of amides is 3. The molecule has 0 radical (unpaired) electrons. The van der Waals surface area contributed by atoms with Gasteiger partial charge in [0.1, 0.15) is 5.82 Å². The highest BCUT2D eigenvalue weighted by Crippen LogP contribution is 2.30. The highest BCUT2D eigenvalue weighted by atomic mass is 19.1. The summed E-state index contributed by atoms with van der Waals surface area (Å²) < 4.78 is 13.0. The average Bonchev–Trinajstić information content (AvgIpc) is 3.62. The van der Waals surface area contributed by atoms with Gasteiger partial charge in [0.25, 0.3) is 5.91 Å². The second-order valence-electron chi connectivity index (χ2n) is 7.96. The Bertz CT molecular complexity index is 950. The van der Waals surface area contributed by atoms with Crippen LogP contribution in [0.1, 0.15) is 23.2 Å². The molecular weight excluding hydrogens is 399 g/mol. The average molecular weight is 424 g/mol. The molecule has 162 valence electrons. The fourth-order valence-electron chi connectivity index (χ4n) is 3.51. The minimum absolute atomic E-state index is 0.0404. The van der Waals surface area contributed by atoms with E-state index < -0.39 is 0 Å². The van der Waals surface area contributed by atoms with E-state index in [-0.39, 0.29) is 36.0 Å². The van der Waals surface area contributed by atoms with Crippen LogP contribution >= 0.6 is 0 Å². The summed E-state index contributed by atoms with van der Waals surface area (Å²) >= 11 is 0. The summed E-state index contributed by atoms with van der Waals surface area (Å²) in [6.07, 6.45) is 1.89. The van der Waals surface area contributed by atoms with Crippen molar-refractivity contribution >= 4 is 29.1 Å². The van der Waals surface area contributed by atoms with Gasteiger partial charge in [-0.2, -0.15) is 0 Å². The second kappa shape index (κ2) is 9.26. The van der Waals surface area contributed by atoms with Crippen LogP contribution in [0.15, 0.2) is 48.5 Å². The first-order chi connectivity index (χ1) is 15.0. The normalized spacial score (nSPS) is 16.6. The molecule has 0 spiro atoms. The zero-order valence-electron chi connectivity index (χ0n) is 17.1. The third kappa shape index (κ3) is 5.67. The van der Waals surface area contributed by atoms with Crippen molar-refractivity contribution in [2.45, 2.75) is 12.8 Å². The van der Waals surface area contributed by atoms with Crippen LogP contribution < -0.4 is 10.6 Å². The highest BCUT2D eigenvalue weighted by molar-refractivity contribution is 5.97. The second-order valence-corrected chi connectivity index (χ2v) is 7.96. The Morgan fingerprint density at radius 1 is 0.839 bits per heavy atom. The zero-order valence-corrected chi connectivity index (χ0v) is 17.1. The molecule has 7 nitrogen and oxygen atoms in total. The van der Waals surface area contributed by atoms with Gasteiger partial charge in [0.15, 0.2) is 0 Å². The summed E-state index contributed by atoms with van der Waals surface area (Å²) in [6, 6.07) is 12.6. The van der Waals surface area contributed by atoms with Crippen LogP contribution in [-0.2, 0) is 9.59 Å². The first-order valence-corrected chi connectivity index (χ1v) is 10.5. The predicted octanol–water partition coefficient (Wildman–Crippen LogP) is 2.57. The molecule has 2 N–H and O–H groups in total. The molecule has 8 heteroatoms. The molecule has 1 saturated heterocycles. The van der Waals surface area contributed by atoms with Crippen molar-refractivity contribution in [2.24, 2.45) is 5.92 Å². The Balaban J connectivity index is 1.23. The van der Waals surface area contributed by atoms with E-state index in [1.165, 1.54) is 24.3 Å². The van der Waals surface area contributed by atoms with Crippen LogP contribution in [0.3, 0.4) is 0 Å². The molecular formula is C23H25FN4O3. The van der Waals surface area contributed by atoms with Crippen LogP contribution in [-0.4, -0.2) is 60.2 Å². The molecule has 3 amide bonds. The van der Waals surface area contributed by atoms with Gasteiger partial charge in [0, 0.05) is 49.0 Å². The molecule has 4 rings (SSSR count). The SMILES string of the molecule is O=C(CN1CCN(C(=O)c2ccc(NC(=O)C3CC3)cc2)CC1)Nc1ccc(F)cc1. The van der Waals surface area contributed by atoms with Gasteiger partial charge < -0.3 is 15.5 Å². The molecule has 1 aliphatic heterocycles. The number of nitrogens with one attached hydrogen (secondary N) is 2. The molecule has 2 fully saturated rings.